The number of nitrogens with zero attached hydrogens (tertiary/aromatic N) is 3. The minimum Gasteiger partial charge on any atom is -0.269 e. The first-order valence-corrected chi connectivity index (χ1v) is 8.54. The molecule has 5 nitrogen and oxygen atoms in total. The molecule has 0 saturated carbocycles. The van der Waals surface area contributed by atoms with E-state index < -0.39 is 0 Å². The van der Waals surface area contributed by atoms with Crippen LogP contribution in [0.5, 0.6) is 0 Å². The summed E-state index contributed by atoms with van der Waals surface area (Å²) < 4.78 is 0. The van der Waals surface area contributed by atoms with E-state index in [1.807, 2.05) is 13.8 Å². The number of hydrogen-bond acceptors (Lipinski definition) is 5. The summed E-state index contributed by atoms with van der Waals surface area (Å²) in [5.41, 5.74) is 1.89. The number of amides is 2. The van der Waals surface area contributed by atoms with E-state index in [-0.39, 0.29) is 18.4 Å². The van der Waals surface area contributed by atoms with Crippen LogP contribution in [0.15, 0.2) is 24.3 Å². The molecular formula is C17H12ClN3O2S. The van der Waals surface area contributed by atoms with Gasteiger partial charge in [0.2, 0.25) is 0 Å². The van der Waals surface area contributed by atoms with Crippen molar-refractivity contribution in [2.75, 3.05) is 0 Å². The van der Waals surface area contributed by atoms with Gasteiger partial charge in [-0.3, -0.25) is 14.5 Å². The normalized spacial score (nSPS) is 13.9. The average molecular weight is 358 g/mol. The molecule has 0 N–H and O–H groups in total. The van der Waals surface area contributed by atoms with Crippen LogP contribution in [0.3, 0.4) is 0 Å². The Kier molecular flexibility index (Phi) is 3.40. The van der Waals surface area contributed by atoms with E-state index in [4.69, 9.17) is 11.6 Å². The minimum atomic E-state index is -0.325. The van der Waals surface area contributed by atoms with Gasteiger partial charge >= 0.3 is 0 Å². The average Bonchev–Trinajstić information content (AvgIpc) is 2.97. The molecular weight excluding hydrogens is 346 g/mol. The highest BCUT2D eigenvalue weighted by Crippen LogP contribution is 2.33. The third kappa shape index (κ3) is 2.14. The van der Waals surface area contributed by atoms with Crippen molar-refractivity contribution in [1.82, 2.24) is 14.9 Å². The van der Waals surface area contributed by atoms with Gasteiger partial charge in [-0.1, -0.05) is 23.7 Å². The molecule has 1 aromatic carbocycles. The van der Waals surface area contributed by atoms with Crippen LogP contribution in [0.4, 0.5) is 0 Å². The van der Waals surface area contributed by atoms with Gasteiger partial charge in [0.15, 0.2) is 5.82 Å². The van der Waals surface area contributed by atoms with E-state index in [0.717, 1.165) is 25.6 Å². The lowest BCUT2D eigenvalue weighted by Gasteiger charge is -2.12. The molecule has 3 aromatic rings. The van der Waals surface area contributed by atoms with Crippen LogP contribution in [0.2, 0.25) is 5.15 Å². The molecule has 0 aliphatic carbocycles. The number of rotatable bonds is 2. The van der Waals surface area contributed by atoms with Crippen molar-refractivity contribution in [2.24, 2.45) is 0 Å². The largest absolute Gasteiger partial charge is 0.269 e. The molecule has 0 unspecified atom stereocenters. The van der Waals surface area contributed by atoms with Crippen LogP contribution < -0.4 is 0 Å². The van der Waals surface area contributed by atoms with Gasteiger partial charge in [0.1, 0.15) is 9.98 Å². The number of aryl methyl sites for hydroxylation is 2. The quantitative estimate of drug-likeness (QED) is 0.517. The summed E-state index contributed by atoms with van der Waals surface area (Å²) in [6.45, 7) is 3.99. The number of carbonyl (C=O) groups is 2. The third-order valence-corrected chi connectivity index (χ3v) is 5.58. The lowest BCUT2D eigenvalue weighted by Crippen LogP contribution is -2.30. The molecule has 2 amide bonds. The predicted molar refractivity (Wildman–Crippen MR) is 92.5 cm³/mol. The van der Waals surface area contributed by atoms with Crippen LogP contribution in [0.1, 0.15) is 37.0 Å². The van der Waals surface area contributed by atoms with Crippen molar-refractivity contribution in [3.05, 3.63) is 56.8 Å². The number of carbonyl (C=O) groups excluding carboxylic acids is 2. The van der Waals surface area contributed by atoms with Crippen molar-refractivity contribution in [3.63, 3.8) is 0 Å². The first kappa shape index (κ1) is 15.2. The fraction of sp³-hybridized carbons (Fsp3) is 0.176. The van der Waals surface area contributed by atoms with Crippen molar-refractivity contribution >= 4 is 45.0 Å². The molecule has 4 rings (SSSR count). The Bertz CT molecular complexity index is 993. The Morgan fingerprint density at radius 1 is 1.08 bits per heavy atom. The summed E-state index contributed by atoms with van der Waals surface area (Å²) in [7, 11) is 0. The van der Waals surface area contributed by atoms with E-state index in [9.17, 15) is 9.59 Å². The van der Waals surface area contributed by atoms with Crippen molar-refractivity contribution in [3.8, 4) is 0 Å². The number of hydrogen-bond donors (Lipinski definition) is 0. The second-order valence-corrected chi connectivity index (χ2v) is 7.20. The molecule has 0 saturated heterocycles. The smallest absolute Gasteiger partial charge is 0.261 e. The van der Waals surface area contributed by atoms with E-state index >= 15 is 0 Å². The molecule has 0 fully saturated rings. The van der Waals surface area contributed by atoms with Crippen molar-refractivity contribution in [1.29, 1.82) is 0 Å². The zero-order chi connectivity index (χ0) is 17.0. The van der Waals surface area contributed by atoms with Gasteiger partial charge in [0.05, 0.1) is 23.1 Å². The summed E-state index contributed by atoms with van der Waals surface area (Å²) >= 11 is 7.83. The molecule has 0 bridgehead atoms. The fourth-order valence-electron chi connectivity index (χ4n) is 2.84. The summed E-state index contributed by atoms with van der Waals surface area (Å²) in [5, 5.41) is 1.19. The zero-order valence-corrected chi connectivity index (χ0v) is 14.5. The van der Waals surface area contributed by atoms with Crippen LogP contribution in [-0.2, 0) is 6.54 Å². The van der Waals surface area contributed by atoms with Crippen LogP contribution in [-0.4, -0.2) is 26.7 Å². The van der Waals surface area contributed by atoms with E-state index in [1.165, 1.54) is 11.3 Å². The summed E-state index contributed by atoms with van der Waals surface area (Å²) in [4.78, 5) is 36.7. The van der Waals surface area contributed by atoms with Gasteiger partial charge in [-0.05, 0) is 31.5 Å². The van der Waals surface area contributed by atoms with E-state index in [1.54, 1.807) is 24.3 Å². The van der Waals surface area contributed by atoms with Crippen LogP contribution >= 0.6 is 22.9 Å². The third-order valence-electron chi connectivity index (χ3n) is 4.21. The lowest BCUT2D eigenvalue weighted by atomic mass is 10.1. The SMILES string of the molecule is Cc1sc2nc(CN3C(=O)c4ccccc4C3=O)nc(Cl)c2c1C. The fourth-order valence-corrected chi connectivity index (χ4v) is 4.27. The van der Waals surface area contributed by atoms with Gasteiger partial charge in [0, 0.05) is 4.88 Å². The predicted octanol–water partition coefficient (Wildman–Crippen LogP) is 3.76. The molecule has 3 heterocycles. The Labute approximate surface area is 146 Å². The number of benzene rings is 1. The first-order valence-electron chi connectivity index (χ1n) is 7.34. The number of imide groups is 1. The number of thiophene rings is 1. The molecule has 2 aromatic heterocycles. The van der Waals surface area contributed by atoms with Gasteiger partial charge < -0.3 is 0 Å². The molecule has 1 aliphatic rings. The Balaban J connectivity index is 1.73. The van der Waals surface area contributed by atoms with Crippen LogP contribution in [0.25, 0.3) is 10.2 Å². The van der Waals surface area contributed by atoms with E-state index in [2.05, 4.69) is 9.97 Å². The highest BCUT2D eigenvalue weighted by atomic mass is 35.5. The maximum atomic E-state index is 12.4. The molecule has 0 radical (unpaired) electrons. The first-order chi connectivity index (χ1) is 11.5. The highest BCUT2D eigenvalue weighted by molar-refractivity contribution is 7.18. The molecule has 24 heavy (non-hydrogen) atoms. The summed E-state index contributed by atoms with van der Waals surface area (Å²) in [6, 6.07) is 6.78. The second-order valence-electron chi connectivity index (χ2n) is 5.64. The topological polar surface area (TPSA) is 63.2 Å². The summed E-state index contributed by atoms with van der Waals surface area (Å²) in [5.74, 6) is -0.286. The number of fused-ring (bicyclic) bond motifs is 2. The van der Waals surface area contributed by atoms with Crippen molar-refractivity contribution < 1.29 is 9.59 Å². The van der Waals surface area contributed by atoms with Crippen LogP contribution in [0, 0.1) is 13.8 Å². The maximum absolute atomic E-state index is 12.4. The van der Waals surface area contributed by atoms with Crippen molar-refractivity contribution in [2.45, 2.75) is 20.4 Å². The lowest BCUT2D eigenvalue weighted by molar-refractivity contribution is 0.0638. The van der Waals surface area contributed by atoms with E-state index in [0.29, 0.717) is 22.1 Å². The van der Waals surface area contributed by atoms with Gasteiger partial charge in [-0.15, -0.1) is 11.3 Å². The standard InChI is InChI=1S/C17H12ClN3O2S/c1-8-9(2)24-15-13(8)14(18)19-12(20-15)7-21-16(22)10-5-3-4-6-11(10)17(21)23/h3-6H,7H2,1-2H3. The van der Waals surface area contributed by atoms with Gasteiger partial charge in [0.25, 0.3) is 11.8 Å². The zero-order valence-electron chi connectivity index (χ0n) is 13.0. The highest BCUT2D eigenvalue weighted by Gasteiger charge is 2.35. The Morgan fingerprint density at radius 2 is 1.71 bits per heavy atom. The Hall–Kier alpha value is -2.31. The summed E-state index contributed by atoms with van der Waals surface area (Å²) in [6.07, 6.45) is 0. The molecule has 0 atom stereocenters. The number of halogens is 1. The molecule has 0 spiro atoms. The number of aromatic nitrogens is 2. The maximum Gasteiger partial charge on any atom is 0.261 e. The molecule has 120 valence electrons. The monoisotopic (exact) mass is 357 g/mol. The molecule has 1 aliphatic heterocycles. The van der Waals surface area contributed by atoms with Gasteiger partial charge in [-0.25, -0.2) is 9.97 Å². The second kappa shape index (κ2) is 5.36. The Morgan fingerprint density at radius 3 is 2.33 bits per heavy atom. The van der Waals surface area contributed by atoms with Gasteiger partial charge in [-0.2, -0.15) is 0 Å². The minimum absolute atomic E-state index is 0.0119. The molecule has 7 heteroatoms.